The smallest absolute Gasteiger partial charge is 0.193 e. The van der Waals surface area contributed by atoms with E-state index >= 15 is 0 Å². The molecule has 0 saturated carbocycles. The van der Waals surface area contributed by atoms with E-state index in [9.17, 15) is 0 Å². The van der Waals surface area contributed by atoms with Gasteiger partial charge < -0.3 is 10.2 Å². The topological polar surface area (TPSA) is 45.5 Å². The number of nitrogens with zero attached hydrogens (tertiary/aromatic N) is 4. The molecule has 1 saturated heterocycles. The molecule has 2 heterocycles. The highest BCUT2D eigenvalue weighted by Gasteiger charge is 2.30. The second-order valence-electron chi connectivity index (χ2n) is 6.09. The van der Waals surface area contributed by atoms with Gasteiger partial charge in [0.15, 0.2) is 5.96 Å². The second-order valence-corrected chi connectivity index (χ2v) is 6.09. The van der Waals surface area contributed by atoms with E-state index in [2.05, 4.69) is 47.3 Å². The van der Waals surface area contributed by atoms with Crippen LogP contribution in [-0.2, 0) is 6.54 Å². The van der Waals surface area contributed by atoms with E-state index < -0.39 is 0 Å². The maximum absolute atomic E-state index is 4.37. The van der Waals surface area contributed by atoms with Crippen molar-refractivity contribution in [3.8, 4) is 0 Å². The SMILES string of the molecule is CN=C(NCCn1cc(C)cn1)N1CCC(C)(C)C1. The third kappa shape index (κ3) is 3.72. The summed E-state index contributed by atoms with van der Waals surface area (Å²) in [7, 11) is 1.85. The van der Waals surface area contributed by atoms with Gasteiger partial charge in [-0.3, -0.25) is 9.67 Å². The molecule has 5 nitrogen and oxygen atoms in total. The Bertz CT molecular complexity index is 446. The Morgan fingerprint density at radius 2 is 2.32 bits per heavy atom. The van der Waals surface area contributed by atoms with E-state index in [-0.39, 0.29) is 0 Å². The van der Waals surface area contributed by atoms with Crippen LogP contribution in [0.2, 0.25) is 0 Å². The van der Waals surface area contributed by atoms with Gasteiger partial charge in [-0.2, -0.15) is 5.10 Å². The highest BCUT2D eigenvalue weighted by molar-refractivity contribution is 5.80. The molecule has 5 heteroatoms. The van der Waals surface area contributed by atoms with Gasteiger partial charge in [-0.1, -0.05) is 13.8 Å². The number of likely N-dealkylation sites (tertiary alicyclic amines) is 1. The summed E-state index contributed by atoms with van der Waals surface area (Å²) in [5.74, 6) is 1.01. The Balaban J connectivity index is 1.81. The Kier molecular flexibility index (Phi) is 4.12. The van der Waals surface area contributed by atoms with Crippen LogP contribution in [0.15, 0.2) is 17.4 Å². The average Bonchev–Trinajstić information content (AvgIpc) is 2.91. The van der Waals surface area contributed by atoms with Crippen molar-refractivity contribution in [1.29, 1.82) is 0 Å². The summed E-state index contributed by atoms with van der Waals surface area (Å²) in [5.41, 5.74) is 1.60. The predicted octanol–water partition coefficient (Wildman–Crippen LogP) is 1.50. The Hall–Kier alpha value is -1.52. The highest BCUT2D eigenvalue weighted by Crippen LogP contribution is 2.28. The summed E-state index contributed by atoms with van der Waals surface area (Å²) in [6, 6.07) is 0. The predicted molar refractivity (Wildman–Crippen MR) is 78.3 cm³/mol. The number of aliphatic imine (C=N–C) groups is 1. The Labute approximate surface area is 115 Å². The lowest BCUT2D eigenvalue weighted by Crippen LogP contribution is -2.41. The lowest BCUT2D eigenvalue weighted by atomic mass is 9.93. The van der Waals surface area contributed by atoms with Crippen molar-refractivity contribution >= 4 is 5.96 Å². The van der Waals surface area contributed by atoms with E-state index in [1.54, 1.807) is 0 Å². The zero-order chi connectivity index (χ0) is 13.9. The van der Waals surface area contributed by atoms with E-state index in [0.29, 0.717) is 5.41 Å². The molecule has 0 amide bonds. The molecule has 19 heavy (non-hydrogen) atoms. The van der Waals surface area contributed by atoms with Gasteiger partial charge in [0, 0.05) is 32.9 Å². The average molecular weight is 263 g/mol. The first-order valence-electron chi connectivity index (χ1n) is 6.95. The molecule has 1 N–H and O–H groups in total. The monoisotopic (exact) mass is 263 g/mol. The summed E-state index contributed by atoms with van der Waals surface area (Å²) >= 11 is 0. The fraction of sp³-hybridized carbons (Fsp3) is 0.714. The molecule has 1 aromatic rings. The molecule has 0 bridgehead atoms. The molecule has 0 aromatic carbocycles. The molecule has 0 atom stereocenters. The molecule has 1 aliphatic rings. The summed E-state index contributed by atoms with van der Waals surface area (Å²) in [4.78, 5) is 6.72. The minimum atomic E-state index is 0.400. The second kappa shape index (κ2) is 5.63. The van der Waals surface area contributed by atoms with Gasteiger partial charge in [-0.15, -0.1) is 0 Å². The third-order valence-corrected chi connectivity index (χ3v) is 3.58. The fourth-order valence-electron chi connectivity index (χ4n) is 2.50. The molecule has 1 aliphatic heterocycles. The van der Waals surface area contributed by atoms with Crippen LogP contribution in [0.3, 0.4) is 0 Å². The largest absolute Gasteiger partial charge is 0.354 e. The van der Waals surface area contributed by atoms with Gasteiger partial charge in [-0.25, -0.2) is 0 Å². The summed E-state index contributed by atoms with van der Waals surface area (Å²) in [5, 5.41) is 7.70. The highest BCUT2D eigenvalue weighted by atomic mass is 15.3. The van der Waals surface area contributed by atoms with Crippen molar-refractivity contribution in [3.05, 3.63) is 18.0 Å². The molecule has 0 spiro atoms. The zero-order valence-electron chi connectivity index (χ0n) is 12.5. The molecule has 1 fully saturated rings. The molecule has 0 aliphatic carbocycles. The lowest BCUT2D eigenvalue weighted by Gasteiger charge is -2.23. The number of nitrogens with one attached hydrogen (secondary N) is 1. The van der Waals surface area contributed by atoms with Crippen LogP contribution in [0, 0.1) is 12.3 Å². The van der Waals surface area contributed by atoms with Crippen LogP contribution < -0.4 is 5.32 Å². The van der Waals surface area contributed by atoms with Crippen LogP contribution in [0.5, 0.6) is 0 Å². The van der Waals surface area contributed by atoms with Crippen molar-refractivity contribution in [2.24, 2.45) is 10.4 Å². The quantitative estimate of drug-likeness (QED) is 0.664. The van der Waals surface area contributed by atoms with Crippen LogP contribution in [0.25, 0.3) is 0 Å². The van der Waals surface area contributed by atoms with Crippen molar-refractivity contribution < 1.29 is 0 Å². The first-order chi connectivity index (χ1) is 9.00. The zero-order valence-corrected chi connectivity index (χ0v) is 12.5. The van der Waals surface area contributed by atoms with E-state index in [0.717, 1.165) is 32.1 Å². The normalized spacial score (nSPS) is 18.9. The van der Waals surface area contributed by atoms with Gasteiger partial charge in [0.25, 0.3) is 0 Å². The van der Waals surface area contributed by atoms with E-state index in [4.69, 9.17) is 0 Å². The summed E-state index contributed by atoms with van der Waals surface area (Å²) in [6.07, 6.45) is 5.17. The van der Waals surface area contributed by atoms with Crippen LogP contribution in [0.4, 0.5) is 0 Å². The molecular weight excluding hydrogens is 238 g/mol. The van der Waals surface area contributed by atoms with Crippen molar-refractivity contribution in [2.75, 3.05) is 26.7 Å². The van der Waals surface area contributed by atoms with Crippen molar-refractivity contribution in [3.63, 3.8) is 0 Å². The standard InChI is InChI=1S/C14H25N5/c1-12-9-17-19(10-12)8-6-16-13(15-4)18-7-5-14(2,3)11-18/h9-10H,5-8,11H2,1-4H3,(H,15,16). The number of guanidine groups is 1. The third-order valence-electron chi connectivity index (χ3n) is 3.58. The lowest BCUT2D eigenvalue weighted by molar-refractivity contribution is 0.369. The summed E-state index contributed by atoms with van der Waals surface area (Å²) < 4.78 is 1.96. The molecule has 0 radical (unpaired) electrons. The van der Waals surface area contributed by atoms with Gasteiger partial charge in [0.05, 0.1) is 12.7 Å². The van der Waals surface area contributed by atoms with E-state index in [1.807, 2.05) is 17.9 Å². The molecule has 2 rings (SSSR count). The van der Waals surface area contributed by atoms with Crippen molar-refractivity contribution in [1.82, 2.24) is 20.0 Å². The number of hydrogen-bond donors (Lipinski definition) is 1. The Morgan fingerprint density at radius 1 is 1.53 bits per heavy atom. The Morgan fingerprint density at radius 3 is 2.84 bits per heavy atom. The number of rotatable bonds is 3. The first-order valence-corrected chi connectivity index (χ1v) is 6.95. The fourth-order valence-corrected chi connectivity index (χ4v) is 2.50. The van der Waals surface area contributed by atoms with Crippen LogP contribution >= 0.6 is 0 Å². The minimum absolute atomic E-state index is 0.400. The number of hydrogen-bond acceptors (Lipinski definition) is 2. The van der Waals surface area contributed by atoms with Crippen LogP contribution in [0.1, 0.15) is 25.8 Å². The molecule has 0 unspecified atom stereocenters. The number of aromatic nitrogens is 2. The minimum Gasteiger partial charge on any atom is -0.354 e. The van der Waals surface area contributed by atoms with E-state index in [1.165, 1.54) is 12.0 Å². The molecule has 106 valence electrons. The number of aryl methyl sites for hydroxylation is 1. The van der Waals surface area contributed by atoms with Gasteiger partial charge in [0.2, 0.25) is 0 Å². The maximum Gasteiger partial charge on any atom is 0.193 e. The van der Waals surface area contributed by atoms with Crippen molar-refractivity contribution in [2.45, 2.75) is 33.7 Å². The molecular formula is C14H25N5. The van der Waals surface area contributed by atoms with Gasteiger partial charge >= 0.3 is 0 Å². The van der Waals surface area contributed by atoms with Gasteiger partial charge in [-0.05, 0) is 24.3 Å². The first kappa shape index (κ1) is 13.9. The summed E-state index contributed by atoms with van der Waals surface area (Å²) in [6.45, 7) is 10.6. The molecule has 1 aromatic heterocycles. The van der Waals surface area contributed by atoms with Crippen LogP contribution in [-0.4, -0.2) is 47.3 Å². The van der Waals surface area contributed by atoms with Gasteiger partial charge in [0.1, 0.15) is 0 Å². The maximum atomic E-state index is 4.37.